The van der Waals surface area contributed by atoms with Crippen molar-refractivity contribution in [3.8, 4) is 28.4 Å². The summed E-state index contributed by atoms with van der Waals surface area (Å²) in [6.45, 7) is 0.363. The molecule has 0 fully saturated rings. The number of hydrogen-bond acceptors (Lipinski definition) is 3. The first-order valence-electron chi connectivity index (χ1n) is 6.54. The minimum Gasteiger partial charge on any atom is -0.508 e. The van der Waals surface area contributed by atoms with Gasteiger partial charge in [0.1, 0.15) is 23.9 Å². The molecule has 0 radical (unpaired) electrons. The van der Waals surface area contributed by atoms with E-state index >= 15 is 0 Å². The summed E-state index contributed by atoms with van der Waals surface area (Å²) in [4.78, 5) is 0. The second-order valence-electron chi connectivity index (χ2n) is 5.06. The van der Waals surface area contributed by atoms with E-state index in [-0.39, 0.29) is 11.5 Å². The van der Waals surface area contributed by atoms with Gasteiger partial charge in [-0.3, -0.25) is 0 Å². The summed E-state index contributed by atoms with van der Waals surface area (Å²) >= 11 is 6.29. The molecule has 0 amide bonds. The standard InChI is InChI=1S/C17H11ClO3/c18-14-5-6-15(20)13-4-3-12-11-2-1-10(19)7-9(11)8-21-17(12)16(13)14/h1-7,19-20H,8H2. The third kappa shape index (κ3) is 1.74. The Labute approximate surface area is 126 Å². The van der Waals surface area contributed by atoms with Gasteiger partial charge in [-0.25, -0.2) is 0 Å². The van der Waals surface area contributed by atoms with Crippen LogP contribution in [0.5, 0.6) is 17.2 Å². The molecule has 21 heavy (non-hydrogen) atoms. The third-order valence-corrected chi connectivity index (χ3v) is 4.13. The Morgan fingerprint density at radius 1 is 0.952 bits per heavy atom. The number of benzene rings is 3. The zero-order chi connectivity index (χ0) is 14.6. The van der Waals surface area contributed by atoms with Gasteiger partial charge in [0.05, 0.1) is 5.02 Å². The van der Waals surface area contributed by atoms with E-state index in [4.69, 9.17) is 16.3 Å². The van der Waals surface area contributed by atoms with Gasteiger partial charge in [-0.2, -0.15) is 0 Å². The average Bonchev–Trinajstić information content (AvgIpc) is 2.49. The highest BCUT2D eigenvalue weighted by Gasteiger charge is 2.22. The predicted octanol–water partition coefficient (Wildman–Crippen LogP) is 4.46. The number of hydrogen-bond donors (Lipinski definition) is 2. The molecule has 2 N–H and O–H groups in total. The molecule has 3 nitrogen and oxygen atoms in total. The molecule has 0 saturated heterocycles. The summed E-state index contributed by atoms with van der Waals surface area (Å²) < 4.78 is 5.85. The van der Waals surface area contributed by atoms with Crippen molar-refractivity contribution in [1.82, 2.24) is 0 Å². The van der Waals surface area contributed by atoms with Gasteiger partial charge < -0.3 is 14.9 Å². The summed E-state index contributed by atoms with van der Waals surface area (Å²) in [5.74, 6) is 1.07. The van der Waals surface area contributed by atoms with Gasteiger partial charge in [0, 0.05) is 21.9 Å². The molecule has 0 bridgehead atoms. The van der Waals surface area contributed by atoms with Crippen LogP contribution < -0.4 is 4.74 Å². The van der Waals surface area contributed by atoms with Gasteiger partial charge in [0.15, 0.2) is 0 Å². The van der Waals surface area contributed by atoms with Crippen molar-refractivity contribution in [2.24, 2.45) is 0 Å². The molecule has 1 heterocycles. The van der Waals surface area contributed by atoms with E-state index in [1.54, 1.807) is 24.3 Å². The maximum absolute atomic E-state index is 9.98. The minimum absolute atomic E-state index is 0.178. The molecule has 0 aliphatic carbocycles. The van der Waals surface area contributed by atoms with Crippen LogP contribution in [0.4, 0.5) is 0 Å². The van der Waals surface area contributed by atoms with Gasteiger partial charge in [-0.05, 0) is 42.0 Å². The van der Waals surface area contributed by atoms with Crippen molar-refractivity contribution in [2.45, 2.75) is 6.61 Å². The fourth-order valence-electron chi connectivity index (χ4n) is 2.83. The van der Waals surface area contributed by atoms with Crippen molar-refractivity contribution in [1.29, 1.82) is 0 Å². The Hall–Kier alpha value is -2.39. The van der Waals surface area contributed by atoms with Gasteiger partial charge in [0.25, 0.3) is 0 Å². The molecule has 3 aromatic rings. The highest BCUT2D eigenvalue weighted by atomic mass is 35.5. The molecule has 104 valence electrons. The third-order valence-electron chi connectivity index (χ3n) is 3.81. The van der Waals surface area contributed by atoms with Crippen molar-refractivity contribution in [3.63, 3.8) is 0 Å². The Balaban J connectivity index is 2.09. The summed E-state index contributed by atoms with van der Waals surface area (Å²) in [5, 5.41) is 21.5. The molecule has 1 aliphatic rings. The van der Waals surface area contributed by atoms with Crippen LogP contribution in [0.15, 0.2) is 42.5 Å². The van der Waals surface area contributed by atoms with Crippen molar-refractivity contribution < 1.29 is 14.9 Å². The topological polar surface area (TPSA) is 49.7 Å². The summed E-state index contributed by atoms with van der Waals surface area (Å²) in [7, 11) is 0. The number of aromatic hydroxyl groups is 2. The minimum atomic E-state index is 0.178. The maximum Gasteiger partial charge on any atom is 0.137 e. The van der Waals surface area contributed by atoms with E-state index in [9.17, 15) is 10.2 Å². The van der Waals surface area contributed by atoms with Crippen LogP contribution >= 0.6 is 11.6 Å². The van der Waals surface area contributed by atoms with Gasteiger partial charge in [0.2, 0.25) is 0 Å². The summed E-state index contributed by atoms with van der Waals surface area (Å²) in [6, 6.07) is 12.2. The van der Waals surface area contributed by atoms with Crippen LogP contribution in [0, 0.1) is 0 Å². The molecule has 0 atom stereocenters. The Kier molecular flexibility index (Phi) is 2.53. The predicted molar refractivity (Wildman–Crippen MR) is 82.1 cm³/mol. The van der Waals surface area contributed by atoms with Crippen molar-refractivity contribution >= 4 is 22.4 Å². The molecular formula is C17H11ClO3. The molecule has 0 aromatic heterocycles. The largest absolute Gasteiger partial charge is 0.508 e. The lowest BCUT2D eigenvalue weighted by Crippen LogP contribution is -2.05. The maximum atomic E-state index is 9.98. The van der Waals surface area contributed by atoms with E-state index in [0.717, 1.165) is 16.7 Å². The molecule has 3 aromatic carbocycles. The van der Waals surface area contributed by atoms with Crippen LogP contribution in [-0.4, -0.2) is 10.2 Å². The zero-order valence-electron chi connectivity index (χ0n) is 10.9. The SMILES string of the molecule is Oc1ccc2c(c1)COc1c-2ccc2c(O)ccc(Cl)c12. The van der Waals surface area contributed by atoms with E-state index in [0.29, 0.717) is 28.2 Å². The highest BCUT2D eigenvalue weighted by Crippen LogP contribution is 2.46. The number of halogens is 1. The summed E-state index contributed by atoms with van der Waals surface area (Å²) in [6.07, 6.45) is 0. The molecule has 1 aliphatic heterocycles. The monoisotopic (exact) mass is 298 g/mol. The van der Waals surface area contributed by atoms with E-state index in [1.807, 2.05) is 18.2 Å². The Morgan fingerprint density at radius 2 is 1.76 bits per heavy atom. The molecule has 0 spiro atoms. The highest BCUT2D eigenvalue weighted by molar-refractivity contribution is 6.36. The second-order valence-corrected chi connectivity index (χ2v) is 5.47. The van der Waals surface area contributed by atoms with Crippen LogP contribution in [0.25, 0.3) is 21.9 Å². The summed E-state index contributed by atoms with van der Waals surface area (Å²) in [5.41, 5.74) is 2.85. The first-order chi connectivity index (χ1) is 10.1. The number of phenols is 2. The smallest absolute Gasteiger partial charge is 0.137 e. The van der Waals surface area contributed by atoms with E-state index < -0.39 is 0 Å². The lowest BCUT2D eigenvalue weighted by Gasteiger charge is -2.23. The van der Waals surface area contributed by atoms with E-state index in [2.05, 4.69) is 0 Å². The first kappa shape index (κ1) is 12.4. The average molecular weight is 299 g/mol. The van der Waals surface area contributed by atoms with Crippen molar-refractivity contribution in [2.75, 3.05) is 0 Å². The van der Waals surface area contributed by atoms with Crippen LogP contribution in [-0.2, 0) is 6.61 Å². The van der Waals surface area contributed by atoms with Crippen LogP contribution in [0.3, 0.4) is 0 Å². The van der Waals surface area contributed by atoms with Crippen LogP contribution in [0.2, 0.25) is 5.02 Å². The lowest BCUT2D eigenvalue weighted by atomic mass is 9.93. The zero-order valence-corrected chi connectivity index (χ0v) is 11.7. The Morgan fingerprint density at radius 3 is 2.62 bits per heavy atom. The molecule has 4 rings (SSSR count). The number of rotatable bonds is 0. The van der Waals surface area contributed by atoms with Crippen LogP contribution in [0.1, 0.15) is 5.56 Å². The molecule has 0 saturated carbocycles. The molecule has 4 heteroatoms. The fourth-order valence-corrected chi connectivity index (χ4v) is 3.08. The number of ether oxygens (including phenoxy) is 1. The van der Waals surface area contributed by atoms with Gasteiger partial charge in [-0.1, -0.05) is 17.7 Å². The van der Waals surface area contributed by atoms with E-state index in [1.165, 1.54) is 0 Å². The Bertz CT molecular complexity index is 887. The molecule has 0 unspecified atom stereocenters. The van der Waals surface area contributed by atoms with Crippen molar-refractivity contribution in [3.05, 3.63) is 53.1 Å². The lowest BCUT2D eigenvalue weighted by molar-refractivity contribution is 0.305. The van der Waals surface area contributed by atoms with Gasteiger partial charge in [-0.15, -0.1) is 0 Å². The number of phenolic OH excluding ortho intramolecular Hbond substituents is 2. The quantitative estimate of drug-likeness (QED) is 0.644. The first-order valence-corrected chi connectivity index (χ1v) is 6.92. The molecular weight excluding hydrogens is 288 g/mol. The second kappa shape index (κ2) is 4.30. The normalized spacial score (nSPS) is 12.6. The van der Waals surface area contributed by atoms with Gasteiger partial charge >= 0.3 is 0 Å². The fraction of sp³-hybridized carbons (Fsp3) is 0.0588. The number of fused-ring (bicyclic) bond motifs is 5.